The van der Waals surface area contributed by atoms with Crippen molar-refractivity contribution in [2.75, 3.05) is 18.6 Å². The molecule has 0 fully saturated rings. The molecule has 0 saturated carbocycles. The molecule has 0 atom stereocenters. The minimum Gasteiger partial charge on any atom is -0.295 e. The van der Waals surface area contributed by atoms with Gasteiger partial charge in [0.25, 0.3) is 0 Å². The Bertz CT molecular complexity index is 473. The van der Waals surface area contributed by atoms with Crippen LogP contribution in [0.15, 0.2) is 30.3 Å². The van der Waals surface area contributed by atoms with Gasteiger partial charge in [0.1, 0.15) is 6.54 Å². The summed E-state index contributed by atoms with van der Waals surface area (Å²) in [5.41, 5.74) is 1.33. The highest BCUT2D eigenvalue weighted by atomic mass is 35.5. The minimum atomic E-state index is 0.594. The molecule has 1 aromatic carbocycles. The summed E-state index contributed by atoms with van der Waals surface area (Å²) in [6, 6.07) is 11.8. The lowest BCUT2D eigenvalue weighted by Crippen LogP contribution is -2.46. The summed E-state index contributed by atoms with van der Waals surface area (Å²) in [6.07, 6.45) is 22.5. The summed E-state index contributed by atoms with van der Waals surface area (Å²) >= 11 is 12.7. The lowest BCUT2D eigenvalue weighted by atomic mass is 10.0. The van der Waals surface area contributed by atoms with E-state index in [1.54, 1.807) is 0 Å². The first-order valence-corrected chi connectivity index (χ1v) is 13.8. The fraction of sp³-hybridized carbons (Fsp3) is 0.778. The molecule has 3 heteroatoms. The van der Waals surface area contributed by atoms with Crippen LogP contribution in [0.3, 0.4) is 0 Å². The molecule has 0 aromatic heterocycles. The maximum absolute atomic E-state index is 6.33. The maximum atomic E-state index is 6.33. The second-order valence-corrected chi connectivity index (χ2v) is 9.73. The summed E-state index contributed by atoms with van der Waals surface area (Å²) in [7, 11) is 0. The number of alkyl halides is 2. The number of quaternary nitrogens is 1. The van der Waals surface area contributed by atoms with E-state index in [4.69, 9.17) is 23.2 Å². The van der Waals surface area contributed by atoms with E-state index in [9.17, 15) is 0 Å². The third-order valence-corrected chi connectivity index (χ3v) is 7.37. The Morgan fingerprint density at radius 3 is 1.37 bits per heavy atom. The summed E-state index contributed by atoms with van der Waals surface area (Å²) in [5.74, 6) is 0. The first kappa shape index (κ1) is 27.8. The van der Waals surface area contributed by atoms with Gasteiger partial charge in [0.2, 0.25) is 0 Å². The smallest absolute Gasteiger partial charge is 0.156 e. The highest BCUT2D eigenvalue weighted by Gasteiger charge is 2.25. The van der Waals surface area contributed by atoms with Gasteiger partial charge in [0, 0.05) is 5.56 Å². The molecule has 0 N–H and O–H groups in total. The maximum Gasteiger partial charge on any atom is 0.156 e. The van der Waals surface area contributed by atoms with Crippen molar-refractivity contribution in [3.63, 3.8) is 0 Å². The monoisotopic (exact) mass is 456 g/mol. The standard InChI is InChI=1S/C27H48Cl2N/c1-2-3-4-5-6-7-8-9-10-11-12-13-14-15-16-20-23-30(25-28,26-29)24-27-21-18-17-19-22-27/h17-19,21-22H,2-16,20,23-26H2,1H3/q+1. The van der Waals surface area contributed by atoms with Gasteiger partial charge in [-0.3, -0.25) is 4.48 Å². The second kappa shape index (κ2) is 19.4. The zero-order valence-electron chi connectivity index (χ0n) is 19.7. The molecule has 0 spiro atoms. The van der Waals surface area contributed by atoms with Crippen LogP contribution in [0.25, 0.3) is 0 Å². The van der Waals surface area contributed by atoms with Crippen molar-refractivity contribution in [3.05, 3.63) is 35.9 Å². The molecule has 0 amide bonds. The van der Waals surface area contributed by atoms with Crippen LogP contribution in [0.2, 0.25) is 0 Å². The Hall–Kier alpha value is -0.240. The van der Waals surface area contributed by atoms with E-state index in [-0.39, 0.29) is 0 Å². The summed E-state index contributed by atoms with van der Waals surface area (Å²) in [5, 5.41) is 0. The van der Waals surface area contributed by atoms with Gasteiger partial charge in [0.05, 0.1) is 6.54 Å². The number of hydrogen-bond donors (Lipinski definition) is 0. The molecular formula is C27H48Cl2N+. The normalized spacial score (nSPS) is 11.8. The molecule has 1 nitrogen and oxygen atoms in total. The molecule has 0 aliphatic heterocycles. The lowest BCUT2D eigenvalue weighted by Gasteiger charge is -2.34. The van der Waals surface area contributed by atoms with Gasteiger partial charge < -0.3 is 0 Å². The molecule has 0 aliphatic carbocycles. The molecule has 0 radical (unpaired) electrons. The molecule has 0 aliphatic rings. The van der Waals surface area contributed by atoms with Gasteiger partial charge in [-0.15, -0.1) is 0 Å². The number of halogens is 2. The largest absolute Gasteiger partial charge is 0.295 e. The predicted molar refractivity (Wildman–Crippen MR) is 136 cm³/mol. The quantitative estimate of drug-likeness (QED) is 0.0746. The molecule has 0 heterocycles. The van der Waals surface area contributed by atoms with Crippen molar-refractivity contribution < 1.29 is 4.48 Å². The van der Waals surface area contributed by atoms with Gasteiger partial charge in [-0.1, -0.05) is 150 Å². The third-order valence-electron chi connectivity index (χ3n) is 6.35. The third kappa shape index (κ3) is 13.9. The molecule has 0 saturated heterocycles. The molecular weight excluding hydrogens is 409 g/mol. The van der Waals surface area contributed by atoms with Gasteiger partial charge in [-0.25, -0.2) is 0 Å². The van der Waals surface area contributed by atoms with Crippen molar-refractivity contribution in [1.29, 1.82) is 0 Å². The van der Waals surface area contributed by atoms with Crippen LogP contribution in [-0.2, 0) is 6.54 Å². The topological polar surface area (TPSA) is 0 Å². The molecule has 1 rings (SSSR count). The van der Waals surface area contributed by atoms with Crippen LogP contribution >= 0.6 is 23.2 Å². The Kier molecular flexibility index (Phi) is 18.0. The van der Waals surface area contributed by atoms with E-state index in [0.717, 1.165) is 17.6 Å². The highest BCUT2D eigenvalue weighted by molar-refractivity contribution is 6.18. The number of rotatable bonds is 21. The Morgan fingerprint density at radius 2 is 0.967 bits per heavy atom. The van der Waals surface area contributed by atoms with Crippen LogP contribution in [0, 0.1) is 0 Å². The molecule has 0 unspecified atom stereocenters. The first-order chi connectivity index (χ1) is 14.8. The first-order valence-electron chi connectivity index (χ1n) is 12.8. The van der Waals surface area contributed by atoms with Crippen molar-refractivity contribution in [1.82, 2.24) is 0 Å². The predicted octanol–water partition coefficient (Wildman–Crippen LogP) is 9.66. The summed E-state index contributed by atoms with van der Waals surface area (Å²) in [4.78, 5) is 0. The van der Waals surface area contributed by atoms with Crippen molar-refractivity contribution in [2.45, 2.75) is 116 Å². The Balaban J connectivity index is 1.95. The van der Waals surface area contributed by atoms with Crippen LogP contribution in [0.4, 0.5) is 0 Å². The second-order valence-electron chi connectivity index (χ2n) is 9.25. The molecule has 0 bridgehead atoms. The van der Waals surface area contributed by atoms with Gasteiger partial charge >= 0.3 is 0 Å². The average Bonchev–Trinajstić information content (AvgIpc) is 2.78. The number of hydrogen-bond acceptors (Lipinski definition) is 0. The van der Waals surface area contributed by atoms with E-state index in [0.29, 0.717) is 12.0 Å². The SMILES string of the molecule is CCCCCCCCCCCCCCCCCC[N+](CCl)(CCl)Cc1ccccc1. The van der Waals surface area contributed by atoms with E-state index in [2.05, 4.69) is 37.3 Å². The van der Waals surface area contributed by atoms with Crippen molar-refractivity contribution >= 4 is 23.2 Å². The number of benzene rings is 1. The lowest BCUT2D eigenvalue weighted by molar-refractivity contribution is -0.920. The fourth-order valence-electron chi connectivity index (χ4n) is 4.28. The minimum absolute atomic E-state index is 0.594. The Labute approximate surface area is 198 Å². The van der Waals surface area contributed by atoms with Gasteiger partial charge in [-0.2, -0.15) is 0 Å². The number of unbranched alkanes of at least 4 members (excludes halogenated alkanes) is 15. The zero-order chi connectivity index (χ0) is 21.8. The van der Waals surface area contributed by atoms with Gasteiger partial charge in [0.15, 0.2) is 12.0 Å². The number of nitrogens with zero attached hydrogens (tertiary/aromatic N) is 1. The molecule has 1 aromatic rings. The van der Waals surface area contributed by atoms with E-state index >= 15 is 0 Å². The van der Waals surface area contributed by atoms with Gasteiger partial charge in [-0.05, 0) is 12.8 Å². The Morgan fingerprint density at radius 1 is 0.567 bits per heavy atom. The van der Waals surface area contributed by atoms with Crippen LogP contribution in [0.1, 0.15) is 115 Å². The van der Waals surface area contributed by atoms with E-state index < -0.39 is 0 Å². The van der Waals surface area contributed by atoms with Crippen molar-refractivity contribution in [2.24, 2.45) is 0 Å². The molecule has 174 valence electrons. The van der Waals surface area contributed by atoms with Crippen LogP contribution < -0.4 is 0 Å². The van der Waals surface area contributed by atoms with E-state index in [1.165, 1.54) is 108 Å². The zero-order valence-corrected chi connectivity index (χ0v) is 21.2. The fourth-order valence-corrected chi connectivity index (χ4v) is 4.94. The van der Waals surface area contributed by atoms with Crippen LogP contribution in [-0.4, -0.2) is 23.0 Å². The van der Waals surface area contributed by atoms with Crippen LogP contribution in [0.5, 0.6) is 0 Å². The summed E-state index contributed by atoms with van der Waals surface area (Å²) < 4.78 is 0.783. The van der Waals surface area contributed by atoms with E-state index in [1.807, 2.05) is 0 Å². The highest BCUT2D eigenvalue weighted by Crippen LogP contribution is 2.20. The summed E-state index contributed by atoms with van der Waals surface area (Å²) in [6.45, 7) is 4.31. The van der Waals surface area contributed by atoms with Crippen molar-refractivity contribution in [3.8, 4) is 0 Å². The average molecular weight is 458 g/mol. The molecule has 30 heavy (non-hydrogen) atoms.